The molecule has 0 aliphatic rings. The van der Waals surface area contributed by atoms with Gasteiger partial charge in [0.15, 0.2) is 11.6 Å². The van der Waals surface area contributed by atoms with Crippen LogP contribution in [0.1, 0.15) is 0 Å². The Labute approximate surface area is 283 Å². The number of pyridine rings is 1. The van der Waals surface area contributed by atoms with Crippen LogP contribution in [0.3, 0.4) is 0 Å². The summed E-state index contributed by atoms with van der Waals surface area (Å²) in [6.45, 7) is 0. The quantitative estimate of drug-likeness (QED) is 0.176. The molecule has 3 heterocycles. The van der Waals surface area contributed by atoms with E-state index >= 15 is 0 Å². The number of para-hydroxylation sites is 5. The predicted molar refractivity (Wildman–Crippen MR) is 199 cm³/mol. The van der Waals surface area contributed by atoms with Crippen LogP contribution >= 0.6 is 0 Å². The van der Waals surface area contributed by atoms with Crippen molar-refractivity contribution in [1.82, 2.24) is 24.3 Å². The van der Waals surface area contributed by atoms with Gasteiger partial charge in [0.1, 0.15) is 5.82 Å². The maximum absolute atomic E-state index is 4.85. The zero-order valence-electron chi connectivity index (χ0n) is 26.5. The Hall–Kier alpha value is -6.79. The van der Waals surface area contributed by atoms with E-state index in [2.05, 4.69) is 154 Å². The summed E-state index contributed by atoms with van der Waals surface area (Å²) in [5.41, 5.74) is 8.32. The van der Waals surface area contributed by atoms with Crippen molar-refractivity contribution in [3.8, 4) is 34.3 Å². The topological polar surface area (TPSA) is 51.8 Å². The van der Waals surface area contributed by atoms with Crippen LogP contribution in [0, 0.1) is 0 Å². The predicted octanol–water partition coefficient (Wildman–Crippen LogP) is 10.6. The number of nitrogens with zero attached hydrogens (tertiary/aromatic N) is 6. The van der Waals surface area contributed by atoms with E-state index in [1.807, 2.05) is 42.6 Å². The van der Waals surface area contributed by atoms with Gasteiger partial charge in [-0.1, -0.05) is 91.0 Å². The SMILES string of the molecule is c1ccc(N(c2ccccc2)c2ccc(-c3nnc(-c4ccnc(-n5c6ccccc6c6ccccc65)c4)n3-c3ccccc3)cc2)cc1. The maximum atomic E-state index is 4.85. The highest BCUT2D eigenvalue weighted by molar-refractivity contribution is 6.09. The number of hydrogen-bond donors (Lipinski definition) is 0. The summed E-state index contributed by atoms with van der Waals surface area (Å²) in [6, 6.07) is 60.7. The molecule has 9 rings (SSSR count). The minimum Gasteiger partial charge on any atom is -0.311 e. The molecule has 0 radical (unpaired) electrons. The third kappa shape index (κ3) is 5.03. The first-order valence-corrected chi connectivity index (χ1v) is 16.3. The van der Waals surface area contributed by atoms with Gasteiger partial charge in [-0.05, 0) is 84.9 Å². The van der Waals surface area contributed by atoms with E-state index in [0.29, 0.717) is 0 Å². The Kier molecular flexibility index (Phi) is 7.02. The lowest BCUT2D eigenvalue weighted by Crippen LogP contribution is -2.09. The Morgan fingerprint density at radius 3 is 1.49 bits per heavy atom. The largest absolute Gasteiger partial charge is 0.311 e. The molecule has 0 aliphatic carbocycles. The zero-order valence-corrected chi connectivity index (χ0v) is 26.5. The average Bonchev–Trinajstić information content (AvgIpc) is 3.77. The first-order chi connectivity index (χ1) is 24.3. The number of aromatic nitrogens is 5. The van der Waals surface area contributed by atoms with Gasteiger partial charge in [0.25, 0.3) is 0 Å². The molecule has 6 nitrogen and oxygen atoms in total. The Bertz CT molecular complexity index is 2440. The fourth-order valence-electron chi connectivity index (χ4n) is 6.69. The minimum absolute atomic E-state index is 0.741. The van der Waals surface area contributed by atoms with E-state index in [-0.39, 0.29) is 0 Å². The molecule has 0 saturated carbocycles. The van der Waals surface area contributed by atoms with E-state index in [0.717, 1.165) is 62.4 Å². The lowest BCUT2D eigenvalue weighted by molar-refractivity contribution is 1.05. The molecular formula is C43H30N6. The van der Waals surface area contributed by atoms with Gasteiger partial charge >= 0.3 is 0 Å². The third-order valence-electron chi connectivity index (χ3n) is 8.90. The smallest absolute Gasteiger partial charge is 0.169 e. The van der Waals surface area contributed by atoms with Crippen molar-refractivity contribution in [2.75, 3.05) is 4.90 Å². The molecule has 0 fully saturated rings. The number of fused-ring (bicyclic) bond motifs is 3. The van der Waals surface area contributed by atoms with Gasteiger partial charge in [0, 0.05) is 50.8 Å². The first-order valence-electron chi connectivity index (χ1n) is 16.3. The molecule has 6 heteroatoms. The molecule has 232 valence electrons. The number of benzene rings is 6. The van der Waals surface area contributed by atoms with Crippen LogP contribution in [0.4, 0.5) is 17.1 Å². The molecule has 9 aromatic rings. The molecular weight excluding hydrogens is 601 g/mol. The van der Waals surface area contributed by atoms with E-state index in [4.69, 9.17) is 15.2 Å². The van der Waals surface area contributed by atoms with E-state index in [9.17, 15) is 0 Å². The molecule has 0 bridgehead atoms. The van der Waals surface area contributed by atoms with Crippen molar-refractivity contribution >= 4 is 38.9 Å². The average molecular weight is 631 g/mol. The lowest BCUT2D eigenvalue weighted by atomic mass is 10.1. The normalized spacial score (nSPS) is 11.3. The van der Waals surface area contributed by atoms with Crippen LogP contribution in [0.25, 0.3) is 56.1 Å². The second-order valence-corrected chi connectivity index (χ2v) is 11.8. The monoisotopic (exact) mass is 630 g/mol. The van der Waals surface area contributed by atoms with Gasteiger partial charge < -0.3 is 4.90 Å². The summed E-state index contributed by atoms with van der Waals surface area (Å²) >= 11 is 0. The Morgan fingerprint density at radius 1 is 0.408 bits per heavy atom. The maximum Gasteiger partial charge on any atom is 0.169 e. The number of hydrogen-bond acceptors (Lipinski definition) is 4. The molecule has 0 spiro atoms. The van der Waals surface area contributed by atoms with Crippen molar-refractivity contribution in [3.63, 3.8) is 0 Å². The highest BCUT2D eigenvalue weighted by atomic mass is 15.3. The summed E-state index contributed by atoms with van der Waals surface area (Å²) in [5.74, 6) is 2.32. The van der Waals surface area contributed by atoms with Gasteiger partial charge in [-0.25, -0.2) is 4.98 Å². The second-order valence-electron chi connectivity index (χ2n) is 11.8. The molecule has 6 aromatic carbocycles. The number of anilines is 3. The molecule has 0 saturated heterocycles. The first kappa shape index (κ1) is 28.4. The molecule has 0 amide bonds. The van der Waals surface area contributed by atoms with Crippen molar-refractivity contribution in [2.45, 2.75) is 0 Å². The lowest BCUT2D eigenvalue weighted by Gasteiger charge is -2.25. The number of rotatable bonds is 7. The van der Waals surface area contributed by atoms with E-state index in [1.165, 1.54) is 10.8 Å². The highest BCUT2D eigenvalue weighted by Crippen LogP contribution is 2.37. The third-order valence-corrected chi connectivity index (χ3v) is 8.90. The highest BCUT2D eigenvalue weighted by Gasteiger charge is 2.20. The van der Waals surface area contributed by atoms with Crippen LogP contribution in [0.5, 0.6) is 0 Å². The Morgan fingerprint density at radius 2 is 0.898 bits per heavy atom. The van der Waals surface area contributed by atoms with Gasteiger partial charge in [0.05, 0.1) is 11.0 Å². The molecule has 49 heavy (non-hydrogen) atoms. The molecule has 0 aliphatic heterocycles. The van der Waals surface area contributed by atoms with Crippen LogP contribution in [-0.4, -0.2) is 24.3 Å². The van der Waals surface area contributed by atoms with Gasteiger partial charge in [0.2, 0.25) is 0 Å². The van der Waals surface area contributed by atoms with Crippen LogP contribution in [0.15, 0.2) is 182 Å². The summed E-state index contributed by atoms with van der Waals surface area (Å²) in [5, 5.41) is 12.0. The van der Waals surface area contributed by atoms with Gasteiger partial charge in [-0.2, -0.15) is 0 Å². The summed E-state index contributed by atoms with van der Waals surface area (Å²) in [7, 11) is 0. The fraction of sp³-hybridized carbons (Fsp3) is 0. The van der Waals surface area contributed by atoms with Crippen molar-refractivity contribution in [3.05, 3.63) is 182 Å². The molecule has 3 aromatic heterocycles. The van der Waals surface area contributed by atoms with Crippen LogP contribution < -0.4 is 4.90 Å². The second kappa shape index (κ2) is 12.1. The summed E-state index contributed by atoms with van der Waals surface area (Å²) in [6.07, 6.45) is 1.86. The molecule has 0 unspecified atom stereocenters. The van der Waals surface area contributed by atoms with Crippen molar-refractivity contribution < 1.29 is 0 Å². The standard InChI is InChI=1S/C43H30N6/c1-4-14-33(15-5-1)47(34-16-6-2-7-17-34)36-26-24-31(25-27-36)42-45-46-43(48(42)35-18-8-3-9-19-35)32-28-29-44-41(30-32)49-39-22-12-10-20-37(39)38-21-11-13-23-40(38)49/h1-30H. The minimum atomic E-state index is 0.741. The van der Waals surface area contributed by atoms with Crippen LogP contribution in [0.2, 0.25) is 0 Å². The van der Waals surface area contributed by atoms with Crippen molar-refractivity contribution in [1.29, 1.82) is 0 Å². The summed E-state index contributed by atoms with van der Waals surface area (Å²) < 4.78 is 4.36. The summed E-state index contributed by atoms with van der Waals surface area (Å²) in [4.78, 5) is 7.11. The van der Waals surface area contributed by atoms with E-state index in [1.54, 1.807) is 0 Å². The zero-order chi connectivity index (χ0) is 32.6. The van der Waals surface area contributed by atoms with Gasteiger partial charge in [-0.15, -0.1) is 10.2 Å². The van der Waals surface area contributed by atoms with Crippen LogP contribution in [-0.2, 0) is 0 Å². The van der Waals surface area contributed by atoms with E-state index < -0.39 is 0 Å². The Balaban J connectivity index is 1.16. The molecule has 0 atom stereocenters. The van der Waals surface area contributed by atoms with Gasteiger partial charge in [-0.3, -0.25) is 9.13 Å². The fourth-order valence-corrected chi connectivity index (χ4v) is 6.69. The molecule has 0 N–H and O–H groups in total. The van der Waals surface area contributed by atoms with Crippen molar-refractivity contribution in [2.24, 2.45) is 0 Å².